The maximum absolute atomic E-state index is 12.3. The smallest absolute Gasteiger partial charge is 0.170 e. The van der Waals surface area contributed by atoms with Gasteiger partial charge >= 0.3 is 0 Å². The van der Waals surface area contributed by atoms with E-state index in [4.69, 9.17) is 0 Å². The predicted octanol–water partition coefficient (Wildman–Crippen LogP) is 1.72. The van der Waals surface area contributed by atoms with Crippen molar-refractivity contribution in [3.05, 3.63) is 0 Å². The molecule has 0 aliphatic carbocycles. The summed E-state index contributed by atoms with van der Waals surface area (Å²) in [6.45, 7) is 10.0. The van der Waals surface area contributed by atoms with Crippen LogP contribution in [0.4, 0.5) is 0 Å². The second-order valence-corrected chi connectivity index (χ2v) is 6.50. The third-order valence-corrected chi connectivity index (χ3v) is 2.96. The fraction of sp³-hybridized carbons (Fsp3) is 0.857. The minimum absolute atomic E-state index is 0.0729. The summed E-state index contributed by atoms with van der Waals surface area (Å²) < 4.78 is 0. The van der Waals surface area contributed by atoms with Gasteiger partial charge in [-0.1, -0.05) is 34.6 Å². The Hall–Kier alpha value is -0.740. The van der Waals surface area contributed by atoms with Gasteiger partial charge in [-0.15, -0.1) is 0 Å². The molecule has 0 rings (SSSR count). The summed E-state index contributed by atoms with van der Waals surface area (Å²) in [5.41, 5.74) is -2.52. The Bertz CT molecular complexity index is 314. The van der Waals surface area contributed by atoms with Crippen molar-refractivity contribution < 1.29 is 19.8 Å². The second kappa shape index (κ2) is 5.93. The molecule has 0 aromatic heterocycles. The zero-order valence-corrected chi connectivity index (χ0v) is 12.3. The van der Waals surface area contributed by atoms with Crippen LogP contribution in [0.3, 0.4) is 0 Å². The number of hydrogen-bond acceptors (Lipinski definition) is 4. The highest BCUT2D eigenvalue weighted by Gasteiger charge is 2.44. The molecule has 2 atom stereocenters. The van der Waals surface area contributed by atoms with Gasteiger partial charge in [0.15, 0.2) is 5.78 Å². The summed E-state index contributed by atoms with van der Waals surface area (Å²) in [5.74, 6) is -0.729. The average molecular weight is 258 g/mol. The fourth-order valence-corrected chi connectivity index (χ4v) is 1.94. The van der Waals surface area contributed by atoms with E-state index < -0.39 is 22.9 Å². The maximum atomic E-state index is 12.3. The molecular weight excluding hydrogens is 232 g/mol. The lowest BCUT2D eigenvalue weighted by Gasteiger charge is -2.34. The normalized spacial score (nSPS) is 17.4. The summed E-state index contributed by atoms with van der Waals surface area (Å²) in [4.78, 5) is 23.5. The van der Waals surface area contributed by atoms with Crippen molar-refractivity contribution in [2.24, 2.45) is 11.3 Å². The number of rotatable bonds is 6. The largest absolute Gasteiger partial charge is 0.393 e. The highest BCUT2D eigenvalue weighted by molar-refractivity contribution is 5.95. The molecule has 0 saturated carbocycles. The summed E-state index contributed by atoms with van der Waals surface area (Å²) in [5, 5.41) is 20.3. The van der Waals surface area contributed by atoms with E-state index in [-0.39, 0.29) is 24.5 Å². The van der Waals surface area contributed by atoms with Crippen LogP contribution >= 0.6 is 0 Å². The van der Waals surface area contributed by atoms with Gasteiger partial charge in [0.05, 0.1) is 6.10 Å². The van der Waals surface area contributed by atoms with Crippen LogP contribution in [0.15, 0.2) is 0 Å². The molecule has 0 aromatic rings. The lowest BCUT2D eigenvalue weighted by Crippen LogP contribution is -2.49. The molecule has 0 radical (unpaired) electrons. The molecule has 2 N–H and O–H groups in total. The van der Waals surface area contributed by atoms with Crippen molar-refractivity contribution in [3.63, 3.8) is 0 Å². The molecule has 0 heterocycles. The SMILES string of the molecule is CC(=O)CC(O)(CC(O)C(C)C)C(=O)C(C)(C)C. The highest BCUT2D eigenvalue weighted by Crippen LogP contribution is 2.30. The van der Waals surface area contributed by atoms with Gasteiger partial charge in [-0.25, -0.2) is 0 Å². The van der Waals surface area contributed by atoms with Gasteiger partial charge in [0.1, 0.15) is 11.4 Å². The molecule has 0 spiro atoms. The Balaban J connectivity index is 5.18. The fourth-order valence-electron chi connectivity index (χ4n) is 1.94. The van der Waals surface area contributed by atoms with Gasteiger partial charge in [0.25, 0.3) is 0 Å². The quantitative estimate of drug-likeness (QED) is 0.760. The number of carbonyl (C=O) groups excluding carboxylic acids is 2. The predicted molar refractivity (Wildman–Crippen MR) is 70.2 cm³/mol. The van der Waals surface area contributed by atoms with Crippen molar-refractivity contribution in [2.45, 2.75) is 66.1 Å². The van der Waals surface area contributed by atoms with E-state index >= 15 is 0 Å². The maximum Gasteiger partial charge on any atom is 0.170 e. The Labute approximate surface area is 109 Å². The Morgan fingerprint density at radius 3 is 1.89 bits per heavy atom. The van der Waals surface area contributed by atoms with Crippen molar-refractivity contribution in [1.82, 2.24) is 0 Å². The van der Waals surface area contributed by atoms with Crippen LogP contribution in [-0.2, 0) is 9.59 Å². The van der Waals surface area contributed by atoms with Crippen LogP contribution in [0.25, 0.3) is 0 Å². The monoisotopic (exact) mass is 258 g/mol. The van der Waals surface area contributed by atoms with E-state index in [1.807, 2.05) is 0 Å². The third-order valence-electron chi connectivity index (χ3n) is 2.96. The number of aliphatic hydroxyl groups excluding tert-OH is 1. The second-order valence-electron chi connectivity index (χ2n) is 6.50. The van der Waals surface area contributed by atoms with Crippen LogP contribution in [0.1, 0.15) is 54.4 Å². The van der Waals surface area contributed by atoms with E-state index in [9.17, 15) is 19.8 Å². The molecule has 0 aromatic carbocycles. The molecule has 4 nitrogen and oxygen atoms in total. The lowest BCUT2D eigenvalue weighted by atomic mass is 9.74. The first-order valence-corrected chi connectivity index (χ1v) is 6.35. The topological polar surface area (TPSA) is 74.6 Å². The van der Waals surface area contributed by atoms with Gasteiger partial charge in [-0.3, -0.25) is 9.59 Å². The standard InChI is InChI=1S/C14H26O4/c1-9(2)11(16)8-14(18,7-10(3)15)12(17)13(4,5)6/h9,11,16,18H,7-8H2,1-6H3. The molecule has 0 saturated heterocycles. The molecule has 0 amide bonds. The van der Waals surface area contributed by atoms with Crippen molar-refractivity contribution in [1.29, 1.82) is 0 Å². The molecular formula is C14H26O4. The number of ketones is 2. The molecule has 2 unspecified atom stereocenters. The van der Waals surface area contributed by atoms with Crippen LogP contribution in [-0.4, -0.2) is 33.5 Å². The minimum Gasteiger partial charge on any atom is -0.393 e. The van der Waals surface area contributed by atoms with Gasteiger partial charge in [0, 0.05) is 18.3 Å². The summed E-state index contributed by atoms with van der Waals surface area (Å²) in [6, 6.07) is 0. The van der Waals surface area contributed by atoms with Gasteiger partial charge in [0.2, 0.25) is 0 Å². The van der Waals surface area contributed by atoms with E-state index in [2.05, 4.69) is 0 Å². The van der Waals surface area contributed by atoms with Crippen molar-refractivity contribution in [2.75, 3.05) is 0 Å². The first-order chi connectivity index (χ1) is 7.90. The van der Waals surface area contributed by atoms with Crippen molar-refractivity contribution in [3.8, 4) is 0 Å². The van der Waals surface area contributed by atoms with E-state index in [0.29, 0.717) is 0 Å². The third kappa shape index (κ3) is 4.86. The molecule has 4 heteroatoms. The Morgan fingerprint density at radius 1 is 1.17 bits per heavy atom. The molecule has 18 heavy (non-hydrogen) atoms. The zero-order valence-electron chi connectivity index (χ0n) is 12.3. The summed E-state index contributed by atoms with van der Waals surface area (Å²) in [6.07, 6.45) is -1.15. The molecule has 0 fully saturated rings. The van der Waals surface area contributed by atoms with Gasteiger partial charge in [-0.2, -0.15) is 0 Å². The average Bonchev–Trinajstić information content (AvgIpc) is 2.13. The number of hydrogen-bond donors (Lipinski definition) is 2. The van der Waals surface area contributed by atoms with Gasteiger partial charge in [-0.05, 0) is 12.8 Å². The van der Waals surface area contributed by atoms with Crippen LogP contribution < -0.4 is 0 Å². The zero-order chi connectivity index (χ0) is 14.7. The van der Waals surface area contributed by atoms with E-state index in [1.54, 1.807) is 34.6 Å². The number of aliphatic hydroxyl groups is 2. The Morgan fingerprint density at radius 2 is 1.61 bits per heavy atom. The summed E-state index contributed by atoms with van der Waals surface area (Å²) in [7, 11) is 0. The van der Waals surface area contributed by atoms with Gasteiger partial charge < -0.3 is 10.2 Å². The highest BCUT2D eigenvalue weighted by atomic mass is 16.3. The first-order valence-electron chi connectivity index (χ1n) is 6.35. The molecule has 0 aliphatic rings. The van der Waals surface area contributed by atoms with Crippen LogP contribution in [0.5, 0.6) is 0 Å². The summed E-state index contributed by atoms with van der Waals surface area (Å²) >= 11 is 0. The van der Waals surface area contributed by atoms with E-state index in [0.717, 1.165) is 0 Å². The lowest BCUT2D eigenvalue weighted by molar-refractivity contribution is -0.153. The van der Waals surface area contributed by atoms with Crippen molar-refractivity contribution >= 4 is 11.6 Å². The number of Topliss-reactive ketones (excluding diaryl/α,β-unsaturated/α-hetero) is 2. The minimum atomic E-state index is -1.77. The molecule has 0 bridgehead atoms. The van der Waals surface area contributed by atoms with E-state index in [1.165, 1.54) is 6.92 Å². The number of carbonyl (C=O) groups is 2. The molecule has 106 valence electrons. The molecule has 0 aliphatic heterocycles. The Kier molecular flexibility index (Phi) is 5.69. The van der Waals surface area contributed by atoms with Crippen LogP contribution in [0.2, 0.25) is 0 Å². The van der Waals surface area contributed by atoms with Crippen LogP contribution in [0, 0.1) is 11.3 Å². The first kappa shape index (κ1) is 17.3.